The molecule has 21 heavy (non-hydrogen) atoms. The number of fused-ring (bicyclic) bond motifs is 1. The van der Waals surface area contributed by atoms with E-state index in [1.54, 1.807) is 19.2 Å². The first-order valence-corrected chi connectivity index (χ1v) is 8.98. The lowest BCUT2D eigenvalue weighted by Gasteiger charge is -2.11. The Morgan fingerprint density at radius 1 is 1.48 bits per heavy atom. The summed E-state index contributed by atoms with van der Waals surface area (Å²) < 4.78 is 34.7. The van der Waals surface area contributed by atoms with Gasteiger partial charge in [0.25, 0.3) is 0 Å². The highest BCUT2D eigenvalue weighted by molar-refractivity contribution is 7.89. The van der Waals surface area contributed by atoms with Crippen molar-refractivity contribution in [2.24, 2.45) is 7.05 Å². The number of nitrogens with one attached hydrogen (secondary N) is 1. The minimum Gasteiger partial charge on any atom is -0.377 e. The van der Waals surface area contributed by atoms with Crippen molar-refractivity contribution in [3.8, 4) is 0 Å². The predicted molar refractivity (Wildman–Crippen MR) is 81.2 cm³/mol. The second kappa shape index (κ2) is 5.53. The monoisotopic (exact) mass is 328 g/mol. The Bertz CT molecular complexity index is 816. The lowest BCUT2D eigenvalue weighted by molar-refractivity contribution is 0.114. The summed E-state index contributed by atoms with van der Waals surface area (Å²) in [6, 6.07) is 4.72. The highest BCUT2D eigenvalue weighted by Gasteiger charge is 2.21. The summed E-state index contributed by atoms with van der Waals surface area (Å²) >= 11 is 1.04. The summed E-state index contributed by atoms with van der Waals surface area (Å²) in [6.45, 7) is 0.974. The molecule has 0 radical (unpaired) electrons. The van der Waals surface area contributed by atoms with E-state index in [1.165, 1.54) is 10.6 Å². The predicted octanol–water partition coefficient (Wildman–Crippen LogP) is 1.06. The fourth-order valence-corrected chi connectivity index (χ4v) is 4.46. The largest absolute Gasteiger partial charge is 0.377 e. The Balaban J connectivity index is 1.85. The topological polar surface area (TPSA) is 77.4 Å². The first-order valence-electron chi connectivity index (χ1n) is 6.68. The Labute approximate surface area is 126 Å². The van der Waals surface area contributed by atoms with E-state index in [-0.39, 0.29) is 22.4 Å². The van der Waals surface area contributed by atoms with E-state index in [1.807, 2.05) is 0 Å². The minimum atomic E-state index is -3.58. The zero-order valence-corrected chi connectivity index (χ0v) is 13.2. The second-order valence-corrected chi connectivity index (χ2v) is 7.80. The number of hydrogen-bond acceptors (Lipinski definition) is 5. The number of thiazole rings is 1. The van der Waals surface area contributed by atoms with Crippen LogP contribution in [0.3, 0.4) is 0 Å². The van der Waals surface area contributed by atoms with Gasteiger partial charge in [-0.1, -0.05) is 11.3 Å². The molecule has 1 N–H and O–H groups in total. The summed E-state index contributed by atoms with van der Waals surface area (Å²) in [5.41, 5.74) is 0.739. The molecule has 1 aliphatic rings. The maximum atomic E-state index is 12.3. The van der Waals surface area contributed by atoms with Crippen molar-refractivity contribution >= 4 is 31.6 Å². The van der Waals surface area contributed by atoms with Gasteiger partial charge in [0.15, 0.2) is 0 Å². The minimum absolute atomic E-state index is 0.0451. The van der Waals surface area contributed by atoms with Gasteiger partial charge in [0.05, 0.1) is 21.2 Å². The number of benzene rings is 1. The van der Waals surface area contributed by atoms with Crippen LogP contribution in [0.1, 0.15) is 12.8 Å². The van der Waals surface area contributed by atoms with Gasteiger partial charge in [0, 0.05) is 20.2 Å². The Hall–Kier alpha value is -1.22. The van der Waals surface area contributed by atoms with Crippen LogP contribution in [0.4, 0.5) is 0 Å². The number of nitrogens with zero attached hydrogens (tertiary/aromatic N) is 1. The zero-order chi connectivity index (χ0) is 15.0. The highest BCUT2D eigenvalue weighted by atomic mass is 32.2. The molecule has 0 amide bonds. The molecule has 8 heteroatoms. The van der Waals surface area contributed by atoms with Crippen LogP contribution in [0.5, 0.6) is 0 Å². The summed E-state index contributed by atoms with van der Waals surface area (Å²) in [5, 5.41) is 0. The van der Waals surface area contributed by atoms with Crippen LogP contribution < -0.4 is 9.60 Å². The number of aromatic nitrogens is 1. The number of rotatable bonds is 4. The lowest BCUT2D eigenvalue weighted by Crippen LogP contribution is -2.31. The third kappa shape index (κ3) is 2.89. The van der Waals surface area contributed by atoms with Crippen molar-refractivity contribution in [1.29, 1.82) is 0 Å². The van der Waals surface area contributed by atoms with Gasteiger partial charge < -0.3 is 9.30 Å². The first kappa shape index (κ1) is 14.7. The fourth-order valence-electron chi connectivity index (χ4n) is 2.37. The van der Waals surface area contributed by atoms with Crippen LogP contribution in [0.25, 0.3) is 10.2 Å². The molecular formula is C13H16N2O4S2. The van der Waals surface area contributed by atoms with Crippen molar-refractivity contribution in [3.05, 3.63) is 27.9 Å². The molecule has 1 aliphatic heterocycles. The lowest BCUT2D eigenvalue weighted by atomic mass is 10.2. The Morgan fingerprint density at radius 2 is 2.29 bits per heavy atom. The molecule has 0 bridgehead atoms. The van der Waals surface area contributed by atoms with E-state index in [2.05, 4.69) is 4.72 Å². The molecule has 0 saturated carbocycles. The molecule has 3 rings (SSSR count). The normalized spacial score (nSPS) is 19.4. The molecule has 1 atom stereocenters. The van der Waals surface area contributed by atoms with Gasteiger partial charge in [-0.3, -0.25) is 4.79 Å². The molecule has 0 aliphatic carbocycles. The van der Waals surface area contributed by atoms with Crippen molar-refractivity contribution in [3.63, 3.8) is 0 Å². The molecule has 0 spiro atoms. The Kier molecular flexibility index (Phi) is 3.87. The maximum Gasteiger partial charge on any atom is 0.307 e. The fraction of sp³-hybridized carbons (Fsp3) is 0.462. The van der Waals surface area contributed by atoms with Crippen molar-refractivity contribution < 1.29 is 13.2 Å². The van der Waals surface area contributed by atoms with Gasteiger partial charge in [0.1, 0.15) is 0 Å². The van der Waals surface area contributed by atoms with E-state index in [9.17, 15) is 13.2 Å². The van der Waals surface area contributed by atoms with Gasteiger partial charge in [-0.2, -0.15) is 0 Å². The van der Waals surface area contributed by atoms with Gasteiger partial charge in [-0.25, -0.2) is 13.1 Å². The van der Waals surface area contributed by atoms with Crippen LogP contribution in [-0.2, 0) is 21.8 Å². The van der Waals surface area contributed by atoms with E-state index >= 15 is 0 Å². The summed E-state index contributed by atoms with van der Waals surface area (Å²) in [6.07, 6.45) is 1.80. The van der Waals surface area contributed by atoms with Crippen LogP contribution in [-0.4, -0.2) is 32.2 Å². The summed E-state index contributed by atoms with van der Waals surface area (Å²) in [7, 11) is -1.91. The van der Waals surface area contributed by atoms with E-state index in [4.69, 9.17) is 4.74 Å². The average Bonchev–Trinajstić information content (AvgIpc) is 3.06. The van der Waals surface area contributed by atoms with Crippen LogP contribution >= 0.6 is 11.3 Å². The average molecular weight is 328 g/mol. The zero-order valence-electron chi connectivity index (χ0n) is 11.5. The van der Waals surface area contributed by atoms with Crippen LogP contribution in [0, 0.1) is 0 Å². The van der Waals surface area contributed by atoms with E-state index in [0.29, 0.717) is 11.3 Å². The van der Waals surface area contributed by atoms with Crippen molar-refractivity contribution in [1.82, 2.24) is 9.29 Å². The summed E-state index contributed by atoms with van der Waals surface area (Å²) in [5.74, 6) is 0. The molecule has 1 fully saturated rings. The Morgan fingerprint density at radius 3 is 3.00 bits per heavy atom. The highest BCUT2D eigenvalue weighted by Crippen LogP contribution is 2.21. The molecule has 2 aromatic rings. The van der Waals surface area contributed by atoms with Gasteiger partial charge in [-0.05, 0) is 31.0 Å². The number of aryl methyl sites for hydroxylation is 1. The maximum absolute atomic E-state index is 12.3. The molecule has 0 unspecified atom stereocenters. The molecule has 1 saturated heterocycles. The smallest absolute Gasteiger partial charge is 0.307 e. The standard InChI is InChI=1S/C13H16N2O4S2/c1-15-11-5-4-10(7-12(11)20-13(15)16)21(17,18)14-8-9-3-2-6-19-9/h4-5,7,9,14H,2-3,6,8H2,1H3/t9-/m1/s1. The van der Waals surface area contributed by atoms with Gasteiger partial charge in [-0.15, -0.1) is 0 Å². The van der Waals surface area contributed by atoms with Gasteiger partial charge >= 0.3 is 4.87 Å². The molecule has 1 aromatic carbocycles. The first-order chi connectivity index (χ1) is 9.97. The third-order valence-corrected chi connectivity index (χ3v) is 6.02. The quantitative estimate of drug-likeness (QED) is 0.910. The van der Waals surface area contributed by atoms with Crippen LogP contribution in [0.2, 0.25) is 0 Å². The number of sulfonamides is 1. The van der Waals surface area contributed by atoms with Crippen molar-refractivity contribution in [2.75, 3.05) is 13.2 Å². The van der Waals surface area contributed by atoms with E-state index in [0.717, 1.165) is 29.7 Å². The SMILES string of the molecule is Cn1c(=O)sc2cc(S(=O)(=O)NC[C@H]3CCCO3)ccc21. The van der Waals surface area contributed by atoms with Gasteiger partial charge in [0.2, 0.25) is 10.0 Å². The second-order valence-electron chi connectivity index (χ2n) is 5.04. The molecule has 2 heterocycles. The number of hydrogen-bond donors (Lipinski definition) is 1. The molecular weight excluding hydrogens is 312 g/mol. The summed E-state index contributed by atoms with van der Waals surface area (Å²) in [4.78, 5) is 11.7. The molecule has 6 nitrogen and oxygen atoms in total. The van der Waals surface area contributed by atoms with Crippen molar-refractivity contribution in [2.45, 2.75) is 23.8 Å². The molecule has 114 valence electrons. The van der Waals surface area contributed by atoms with Crippen LogP contribution in [0.15, 0.2) is 27.9 Å². The number of ether oxygens (including phenoxy) is 1. The third-order valence-electron chi connectivity index (χ3n) is 3.60. The molecule has 1 aromatic heterocycles. The van der Waals surface area contributed by atoms with E-state index < -0.39 is 10.0 Å².